The molecule has 1 aliphatic heterocycles. The first-order valence-electron chi connectivity index (χ1n) is 6.69. The quantitative estimate of drug-likeness (QED) is 0.854. The van der Waals surface area contributed by atoms with Crippen molar-refractivity contribution in [3.63, 3.8) is 0 Å². The van der Waals surface area contributed by atoms with Crippen LogP contribution in [-0.4, -0.2) is 60.6 Å². The van der Waals surface area contributed by atoms with Crippen LogP contribution in [0.5, 0.6) is 0 Å². The van der Waals surface area contributed by atoms with Gasteiger partial charge in [-0.3, -0.25) is 9.88 Å². The predicted molar refractivity (Wildman–Crippen MR) is 74.5 cm³/mol. The molecule has 0 radical (unpaired) electrons. The molecule has 0 aromatic carbocycles. The molecular formula is C14H24N4. The molecule has 0 saturated carbocycles. The summed E-state index contributed by atoms with van der Waals surface area (Å²) in [5.74, 6) is 0. The van der Waals surface area contributed by atoms with Crippen molar-refractivity contribution in [3.05, 3.63) is 30.1 Å². The Kier molecular flexibility index (Phi) is 4.69. The fourth-order valence-corrected chi connectivity index (χ4v) is 2.84. The molecular weight excluding hydrogens is 224 g/mol. The summed E-state index contributed by atoms with van der Waals surface area (Å²) in [5, 5.41) is 3.31. The molecule has 1 N–H and O–H groups in total. The largest absolute Gasteiger partial charge is 0.318 e. The average molecular weight is 248 g/mol. The molecule has 2 rings (SSSR count). The van der Waals surface area contributed by atoms with E-state index in [1.807, 2.05) is 19.3 Å². The molecule has 1 fully saturated rings. The van der Waals surface area contributed by atoms with E-state index in [2.05, 4.69) is 46.2 Å². The van der Waals surface area contributed by atoms with E-state index in [9.17, 15) is 0 Å². The lowest BCUT2D eigenvalue weighted by Gasteiger charge is -2.44. The summed E-state index contributed by atoms with van der Waals surface area (Å²) in [7, 11) is 4.23. The van der Waals surface area contributed by atoms with E-state index in [0.29, 0.717) is 12.1 Å². The van der Waals surface area contributed by atoms with Crippen molar-refractivity contribution in [1.82, 2.24) is 20.1 Å². The molecule has 0 bridgehead atoms. The van der Waals surface area contributed by atoms with Crippen LogP contribution in [0.4, 0.5) is 0 Å². The number of hydrogen-bond acceptors (Lipinski definition) is 4. The van der Waals surface area contributed by atoms with Gasteiger partial charge in [0.2, 0.25) is 0 Å². The minimum absolute atomic E-state index is 0.561. The molecule has 2 atom stereocenters. The van der Waals surface area contributed by atoms with Crippen molar-refractivity contribution in [2.75, 3.05) is 33.7 Å². The number of nitrogens with zero attached hydrogens (tertiary/aromatic N) is 3. The molecule has 4 heteroatoms. The van der Waals surface area contributed by atoms with Crippen LogP contribution in [0, 0.1) is 0 Å². The SMILES string of the molecule is CNCC1CN(C)CC(C)N1Cc1ccccn1. The third-order valence-electron chi connectivity index (χ3n) is 3.64. The van der Waals surface area contributed by atoms with E-state index in [-0.39, 0.29) is 0 Å². The lowest BCUT2D eigenvalue weighted by molar-refractivity contribution is 0.0370. The zero-order chi connectivity index (χ0) is 13.0. The molecule has 100 valence electrons. The van der Waals surface area contributed by atoms with Gasteiger partial charge in [-0.1, -0.05) is 6.07 Å². The van der Waals surface area contributed by atoms with Crippen LogP contribution in [0.2, 0.25) is 0 Å². The first kappa shape index (κ1) is 13.5. The summed E-state index contributed by atoms with van der Waals surface area (Å²) in [6, 6.07) is 7.29. The number of aromatic nitrogens is 1. The third kappa shape index (κ3) is 3.28. The number of hydrogen-bond donors (Lipinski definition) is 1. The topological polar surface area (TPSA) is 31.4 Å². The van der Waals surface area contributed by atoms with Gasteiger partial charge in [0.25, 0.3) is 0 Å². The van der Waals surface area contributed by atoms with Crippen molar-refractivity contribution < 1.29 is 0 Å². The smallest absolute Gasteiger partial charge is 0.0544 e. The number of nitrogens with one attached hydrogen (secondary N) is 1. The Bertz CT molecular complexity index is 354. The molecule has 0 spiro atoms. The molecule has 1 aromatic heterocycles. The Balaban J connectivity index is 2.07. The van der Waals surface area contributed by atoms with E-state index < -0.39 is 0 Å². The maximum absolute atomic E-state index is 4.45. The molecule has 18 heavy (non-hydrogen) atoms. The molecule has 2 unspecified atom stereocenters. The number of likely N-dealkylation sites (N-methyl/N-ethyl adjacent to an activating group) is 2. The summed E-state index contributed by atoms with van der Waals surface area (Å²) >= 11 is 0. The van der Waals surface area contributed by atoms with Crippen LogP contribution in [-0.2, 0) is 6.54 Å². The first-order valence-corrected chi connectivity index (χ1v) is 6.69. The second kappa shape index (κ2) is 6.27. The molecule has 0 aliphatic carbocycles. The predicted octanol–water partition coefficient (Wildman–Crippen LogP) is 0.805. The molecule has 4 nitrogen and oxygen atoms in total. The van der Waals surface area contributed by atoms with Crippen molar-refractivity contribution in [2.24, 2.45) is 0 Å². The number of rotatable bonds is 4. The van der Waals surface area contributed by atoms with Crippen LogP contribution >= 0.6 is 0 Å². The average Bonchev–Trinajstić information content (AvgIpc) is 2.35. The maximum atomic E-state index is 4.45. The van der Waals surface area contributed by atoms with Crippen molar-refractivity contribution >= 4 is 0 Å². The highest BCUT2D eigenvalue weighted by molar-refractivity contribution is 5.04. The zero-order valence-corrected chi connectivity index (χ0v) is 11.6. The van der Waals surface area contributed by atoms with Gasteiger partial charge in [-0.15, -0.1) is 0 Å². The van der Waals surface area contributed by atoms with E-state index in [4.69, 9.17) is 0 Å². The lowest BCUT2D eigenvalue weighted by Crippen LogP contribution is -2.58. The van der Waals surface area contributed by atoms with Gasteiger partial charge < -0.3 is 10.2 Å². The van der Waals surface area contributed by atoms with E-state index in [1.54, 1.807) is 0 Å². The summed E-state index contributed by atoms with van der Waals surface area (Å²) in [6.07, 6.45) is 1.88. The van der Waals surface area contributed by atoms with Crippen molar-refractivity contribution in [1.29, 1.82) is 0 Å². The van der Waals surface area contributed by atoms with Gasteiger partial charge in [-0.2, -0.15) is 0 Å². The van der Waals surface area contributed by atoms with Gasteiger partial charge in [-0.25, -0.2) is 0 Å². The normalized spacial score (nSPS) is 26.4. The first-order chi connectivity index (χ1) is 8.70. The molecule has 1 aliphatic rings. The standard InChI is InChI=1S/C14H24N4/c1-12-9-17(3)11-14(8-15-2)18(12)10-13-6-4-5-7-16-13/h4-7,12,14-15H,8-11H2,1-3H3. The van der Waals surface area contributed by atoms with Gasteiger partial charge >= 0.3 is 0 Å². The minimum Gasteiger partial charge on any atom is -0.318 e. The van der Waals surface area contributed by atoms with Gasteiger partial charge in [0.15, 0.2) is 0 Å². The Morgan fingerprint density at radius 1 is 1.39 bits per heavy atom. The highest BCUT2D eigenvalue weighted by Gasteiger charge is 2.30. The van der Waals surface area contributed by atoms with E-state index in [1.165, 1.54) is 0 Å². The molecule has 2 heterocycles. The van der Waals surface area contributed by atoms with Crippen LogP contribution in [0.25, 0.3) is 0 Å². The van der Waals surface area contributed by atoms with Gasteiger partial charge in [0.1, 0.15) is 0 Å². The second-order valence-corrected chi connectivity index (χ2v) is 5.28. The Hall–Kier alpha value is -0.970. The highest BCUT2D eigenvalue weighted by Crippen LogP contribution is 2.17. The van der Waals surface area contributed by atoms with Crippen LogP contribution in [0.3, 0.4) is 0 Å². The number of pyridine rings is 1. The Morgan fingerprint density at radius 2 is 2.22 bits per heavy atom. The summed E-state index contributed by atoms with van der Waals surface area (Å²) < 4.78 is 0. The van der Waals surface area contributed by atoms with E-state index in [0.717, 1.165) is 31.9 Å². The lowest BCUT2D eigenvalue weighted by atomic mass is 10.1. The van der Waals surface area contributed by atoms with Crippen LogP contribution in [0.1, 0.15) is 12.6 Å². The fourth-order valence-electron chi connectivity index (χ4n) is 2.84. The molecule has 1 aromatic rings. The fraction of sp³-hybridized carbons (Fsp3) is 0.643. The third-order valence-corrected chi connectivity index (χ3v) is 3.64. The highest BCUT2D eigenvalue weighted by atomic mass is 15.3. The second-order valence-electron chi connectivity index (χ2n) is 5.28. The monoisotopic (exact) mass is 248 g/mol. The van der Waals surface area contributed by atoms with Gasteiger partial charge in [0.05, 0.1) is 5.69 Å². The molecule has 0 amide bonds. The van der Waals surface area contributed by atoms with Crippen molar-refractivity contribution in [3.8, 4) is 0 Å². The summed E-state index contributed by atoms with van der Waals surface area (Å²) in [4.78, 5) is 9.43. The van der Waals surface area contributed by atoms with E-state index >= 15 is 0 Å². The number of piperazine rings is 1. The van der Waals surface area contributed by atoms with Gasteiger partial charge in [0, 0.05) is 44.5 Å². The molecule has 1 saturated heterocycles. The maximum Gasteiger partial charge on any atom is 0.0544 e. The minimum atomic E-state index is 0.561. The van der Waals surface area contributed by atoms with Gasteiger partial charge in [-0.05, 0) is 33.2 Å². The Labute approximate surface area is 110 Å². The zero-order valence-electron chi connectivity index (χ0n) is 11.6. The summed E-state index contributed by atoms with van der Waals surface area (Å²) in [6.45, 7) is 6.54. The Morgan fingerprint density at radius 3 is 2.89 bits per heavy atom. The van der Waals surface area contributed by atoms with Crippen LogP contribution in [0.15, 0.2) is 24.4 Å². The van der Waals surface area contributed by atoms with Crippen molar-refractivity contribution in [2.45, 2.75) is 25.6 Å². The van der Waals surface area contributed by atoms with Crippen LogP contribution < -0.4 is 5.32 Å². The summed E-state index contributed by atoms with van der Waals surface area (Å²) in [5.41, 5.74) is 1.16.